The van der Waals surface area contributed by atoms with E-state index in [1.807, 2.05) is 6.92 Å². The van der Waals surface area contributed by atoms with Crippen LogP contribution in [-0.4, -0.2) is 52.1 Å². The molecular weight excluding hydrogens is 492 g/mol. The first-order valence-corrected chi connectivity index (χ1v) is 11.7. The second-order valence-corrected chi connectivity index (χ2v) is 8.45. The largest absolute Gasteiger partial charge is 0.496 e. The molecule has 1 aliphatic heterocycles. The number of allylic oxidation sites excluding steroid dienone is 1. The number of hydrogen-bond acceptors (Lipinski definition) is 8. The van der Waals surface area contributed by atoms with Crippen LogP contribution in [0.2, 0.25) is 0 Å². The lowest BCUT2D eigenvalue weighted by Gasteiger charge is -2.17. The zero-order valence-electron chi connectivity index (χ0n) is 21.7. The fraction of sp³-hybridized carbons (Fsp3) is 0.241. The van der Waals surface area contributed by atoms with Gasteiger partial charge in [-0.05, 0) is 66.1 Å². The predicted octanol–water partition coefficient (Wildman–Crippen LogP) is 4.72. The molecule has 0 saturated heterocycles. The van der Waals surface area contributed by atoms with Crippen molar-refractivity contribution in [2.24, 2.45) is 0 Å². The van der Waals surface area contributed by atoms with Gasteiger partial charge in [0.2, 0.25) is 12.5 Å². The number of rotatable bonds is 10. The highest BCUT2D eigenvalue weighted by Crippen LogP contribution is 2.40. The van der Waals surface area contributed by atoms with E-state index in [9.17, 15) is 14.7 Å². The third kappa shape index (κ3) is 5.08. The van der Waals surface area contributed by atoms with Gasteiger partial charge in [0.15, 0.2) is 28.8 Å². The molecule has 0 radical (unpaired) electrons. The Hall–Kier alpha value is -4.66. The molecule has 1 heterocycles. The van der Waals surface area contributed by atoms with Gasteiger partial charge in [0, 0.05) is 17.6 Å². The average Bonchev–Trinajstić information content (AvgIpc) is 3.39. The number of benzene rings is 3. The van der Waals surface area contributed by atoms with E-state index in [4.69, 9.17) is 28.4 Å². The van der Waals surface area contributed by atoms with Crippen molar-refractivity contribution in [3.05, 3.63) is 76.4 Å². The molecule has 198 valence electrons. The maximum absolute atomic E-state index is 14.0. The SMILES string of the molecule is COc1ccc(C(=O)/C(Cc2cc(OC)c(OC)c(OC)c2)=C(/C(=O)O)c2ccc3c(c2)OCO3)cc1C. The lowest BCUT2D eigenvalue weighted by molar-refractivity contribution is -0.130. The zero-order valence-corrected chi connectivity index (χ0v) is 21.7. The number of carbonyl (C=O) groups is 2. The van der Waals surface area contributed by atoms with Crippen LogP contribution in [0.1, 0.15) is 27.0 Å². The highest BCUT2D eigenvalue weighted by atomic mass is 16.7. The molecule has 3 aromatic carbocycles. The molecule has 38 heavy (non-hydrogen) atoms. The summed E-state index contributed by atoms with van der Waals surface area (Å²) in [5.74, 6) is 0.969. The van der Waals surface area contributed by atoms with Gasteiger partial charge in [-0.1, -0.05) is 6.07 Å². The summed E-state index contributed by atoms with van der Waals surface area (Å²) in [6.45, 7) is 1.85. The number of carbonyl (C=O) groups excluding carboxylic acids is 1. The third-order valence-electron chi connectivity index (χ3n) is 6.21. The molecular formula is C29H28O9. The first-order chi connectivity index (χ1) is 18.3. The number of aryl methyl sites for hydroxylation is 1. The Morgan fingerprint density at radius 1 is 0.789 bits per heavy atom. The van der Waals surface area contributed by atoms with Crippen molar-refractivity contribution in [3.8, 4) is 34.5 Å². The fourth-order valence-electron chi connectivity index (χ4n) is 4.40. The fourth-order valence-corrected chi connectivity index (χ4v) is 4.40. The molecule has 0 spiro atoms. The van der Waals surface area contributed by atoms with Crippen molar-refractivity contribution in [1.29, 1.82) is 0 Å². The summed E-state index contributed by atoms with van der Waals surface area (Å²) in [5, 5.41) is 10.4. The Morgan fingerprint density at radius 3 is 2.00 bits per heavy atom. The van der Waals surface area contributed by atoms with Crippen molar-refractivity contribution in [2.45, 2.75) is 13.3 Å². The molecule has 9 nitrogen and oxygen atoms in total. The van der Waals surface area contributed by atoms with E-state index in [0.29, 0.717) is 51.2 Å². The molecule has 0 atom stereocenters. The Kier molecular flexibility index (Phi) is 7.76. The molecule has 0 saturated carbocycles. The smallest absolute Gasteiger partial charge is 0.336 e. The van der Waals surface area contributed by atoms with Gasteiger partial charge in [-0.3, -0.25) is 4.79 Å². The van der Waals surface area contributed by atoms with Crippen molar-refractivity contribution in [2.75, 3.05) is 35.2 Å². The van der Waals surface area contributed by atoms with Crippen LogP contribution in [-0.2, 0) is 11.2 Å². The molecule has 4 rings (SSSR count). The topological polar surface area (TPSA) is 110 Å². The van der Waals surface area contributed by atoms with Crippen molar-refractivity contribution in [1.82, 2.24) is 0 Å². The molecule has 0 aromatic heterocycles. The zero-order chi connectivity index (χ0) is 27.4. The van der Waals surface area contributed by atoms with Crippen LogP contribution >= 0.6 is 0 Å². The number of aliphatic carboxylic acids is 1. The van der Waals surface area contributed by atoms with E-state index in [0.717, 1.165) is 5.56 Å². The lowest BCUT2D eigenvalue weighted by Crippen LogP contribution is -2.14. The van der Waals surface area contributed by atoms with Gasteiger partial charge in [-0.15, -0.1) is 0 Å². The summed E-state index contributed by atoms with van der Waals surface area (Å²) in [6.07, 6.45) is -0.0311. The minimum absolute atomic E-state index is 0.0311. The number of hydrogen-bond donors (Lipinski definition) is 1. The quantitative estimate of drug-likeness (QED) is 0.300. The summed E-state index contributed by atoms with van der Waals surface area (Å²) >= 11 is 0. The van der Waals surface area contributed by atoms with Crippen LogP contribution in [0, 0.1) is 6.92 Å². The maximum Gasteiger partial charge on any atom is 0.336 e. The summed E-state index contributed by atoms with van der Waals surface area (Å²) in [6, 6.07) is 13.1. The number of ether oxygens (including phenoxy) is 6. The minimum atomic E-state index is -1.26. The van der Waals surface area contributed by atoms with Crippen molar-refractivity contribution >= 4 is 17.3 Å². The highest BCUT2D eigenvalue weighted by Gasteiger charge is 2.27. The lowest BCUT2D eigenvalue weighted by atomic mass is 9.88. The van der Waals surface area contributed by atoms with Gasteiger partial charge >= 0.3 is 5.97 Å². The molecule has 3 aromatic rings. The number of carboxylic acids is 1. The van der Waals surface area contributed by atoms with Gasteiger partial charge < -0.3 is 33.5 Å². The number of carboxylic acid groups (broad SMARTS) is 1. The molecule has 0 fully saturated rings. The van der Waals surface area contributed by atoms with Crippen molar-refractivity contribution < 1.29 is 43.1 Å². The molecule has 0 bridgehead atoms. The number of methoxy groups -OCH3 is 4. The maximum atomic E-state index is 14.0. The van der Waals surface area contributed by atoms with E-state index in [1.54, 1.807) is 55.6 Å². The van der Waals surface area contributed by atoms with Crippen molar-refractivity contribution in [3.63, 3.8) is 0 Å². The minimum Gasteiger partial charge on any atom is -0.496 e. The Balaban J connectivity index is 1.92. The van der Waals surface area contributed by atoms with Crippen LogP contribution in [0.4, 0.5) is 0 Å². The van der Waals surface area contributed by atoms with E-state index in [-0.39, 0.29) is 24.4 Å². The summed E-state index contributed by atoms with van der Waals surface area (Å²) < 4.78 is 32.5. The standard InChI is InChI=1S/C29H28O9/c1-16-10-19(7-8-21(16)33-2)27(30)20(11-17-12-24(34-3)28(36-5)25(13-17)35-4)26(29(31)32)18-6-9-22-23(14-18)38-15-37-22/h6-10,12-14H,11,15H2,1-5H3,(H,31,32)/b26-20+. The molecule has 0 unspecified atom stereocenters. The summed E-state index contributed by atoms with van der Waals surface area (Å²) in [4.78, 5) is 26.7. The predicted molar refractivity (Wildman–Crippen MR) is 139 cm³/mol. The van der Waals surface area contributed by atoms with Crippen LogP contribution in [0.3, 0.4) is 0 Å². The number of fused-ring (bicyclic) bond motifs is 1. The molecule has 0 aliphatic carbocycles. The summed E-state index contributed by atoms with van der Waals surface area (Å²) in [7, 11) is 6.00. The van der Waals surface area contributed by atoms with E-state index >= 15 is 0 Å². The molecule has 0 amide bonds. The van der Waals surface area contributed by atoms with Gasteiger partial charge in [-0.25, -0.2) is 4.79 Å². The van der Waals surface area contributed by atoms with Crippen LogP contribution in [0.25, 0.3) is 5.57 Å². The van der Waals surface area contributed by atoms with E-state index in [1.165, 1.54) is 21.3 Å². The first kappa shape index (κ1) is 26.4. The van der Waals surface area contributed by atoms with E-state index < -0.39 is 11.8 Å². The normalized spacial score (nSPS) is 12.4. The van der Waals surface area contributed by atoms with Gasteiger partial charge in [0.05, 0.1) is 34.0 Å². The Labute approximate surface area is 220 Å². The first-order valence-electron chi connectivity index (χ1n) is 11.7. The molecule has 9 heteroatoms. The number of Topliss-reactive ketones (excluding diaryl/α,β-unsaturated/α-hetero) is 1. The Bertz CT molecular complexity index is 1400. The van der Waals surface area contributed by atoms with Gasteiger partial charge in [0.1, 0.15) is 5.75 Å². The average molecular weight is 521 g/mol. The second-order valence-electron chi connectivity index (χ2n) is 8.45. The van der Waals surface area contributed by atoms with Crippen LogP contribution in [0.5, 0.6) is 34.5 Å². The monoisotopic (exact) mass is 520 g/mol. The van der Waals surface area contributed by atoms with E-state index in [2.05, 4.69) is 0 Å². The van der Waals surface area contributed by atoms with Crippen LogP contribution in [0.15, 0.2) is 54.1 Å². The summed E-state index contributed by atoms with van der Waals surface area (Å²) in [5.41, 5.74) is 1.87. The van der Waals surface area contributed by atoms with Gasteiger partial charge in [-0.2, -0.15) is 0 Å². The van der Waals surface area contributed by atoms with Crippen LogP contribution < -0.4 is 28.4 Å². The van der Waals surface area contributed by atoms with Gasteiger partial charge in [0.25, 0.3) is 0 Å². The number of ketones is 1. The second kappa shape index (κ2) is 11.2. The molecule has 1 N–H and O–H groups in total. The third-order valence-corrected chi connectivity index (χ3v) is 6.21. The highest BCUT2D eigenvalue weighted by molar-refractivity contribution is 6.26. The Morgan fingerprint density at radius 2 is 1.42 bits per heavy atom. The molecule has 1 aliphatic rings.